The summed E-state index contributed by atoms with van der Waals surface area (Å²) in [4.78, 5) is 24.3. The van der Waals surface area contributed by atoms with E-state index in [0.29, 0.717) is 17.7 Å². The Kier molecular flexibility index (Phi) is 4.46. The first kappa shape index (κ1) is 16.1. The van der Waals surface area contributed by atoms with Crippen molar-refractivity contribution in [2.75, 3.05) is 13.1 Å². The molecule has 2 fully saturated rings. The van der Waals surface area contributed by atoms with Crippen molar-refractivity contribution in [3.05, 3.63) is 0 Å². The van der Waals surface area contributed by atoms with Crippen LogP contribution in [-0.4, -0.2) is 52.7 Å². The number of halogens is 3. The average Bonchev–Trinajstić information content (AvgIpc) is 2.88. The van der Waals surface area contributed by atoms with Crippen molar-refractivity contribution in [2.45, 2.75) is 56.3 Å². The lowest BCUT2D eigenvalue weighted by Crippen LogP contribution is -2.45. The van der Waals surface area contributed by atoms with Gasteiger partial charge in [-0.1, -0.05) is 12.8 Å². The van der Waals surface area contributed by atoms with Crippen LogP contribution in [0.15, 0.2) is 0 Å². The first-order valence-electron chi connectivity index (χ1n) is 7.06. The van der Waals surface area contributed by atoms with Gasteiger partial charge in [-0.05, 0) is 19.3 Å². The molecule has 5 nitrogen and oxygen atoms in total. The van der Waals surface area contributed by atoms with Crippen LogP contribution in [0, 0.1) is 0 Å². The number of hydrogen-bond acceptors (Lipinski definition) is 3. The third kappa shape index (κ3) is 4.33. The summed E-state index contributed by atoms with van der Waals surface area (Å²) in [7, 11) is 0. The highest BCUT2D eigenvalue weighted by atomic mass is 19.4. The summed E-state index contributed by atoms with van der Waals surface area (Å²) in [6.07, 6.45) is -1.59. The number of nitrogens with zero attached hydrogens (tertiary/aromatic N) is 1. The number of carbonyl (C=O) groups is 2. The van der Waals surface area contributed by atoms with Gasteiger partial charge < -0.3 is 15.3 Å². The summed E-state index contributed by atoms with van der Waals surface area (Å²) in [5, 5.41) is 12.5. The van der Waals surface area contributed by atoms with E-state index in [9.17, 15) is 27.9 Å². The van der Waals surface area contributed by atoms with E-state index < -0.39 is 36.2 Å². The largest absolute Gasteiger partial charge is 0.406 e. The molecular weight excluding hydrogens is 289 g/mol. The maximum atomic E-state index is 12.3. The highest BCUT2D eigenvalue weighted by Crippen LogP contribution is 2.32. The molecule has 0 radical (unpaired) electrons. The van der Waals surface area contributed by atoms with Gasteiger partial charge in [0.15, 0.2) is 0 Å². The second-order valence-electron chi connectivity index (χ2n) is 5.89. The minimum Gasteiger partial charge on any atom is -0.389 e. The fourth-order valence-electron chi connectivity index (χ4n) is 3.00. The minimum atomic E-state index is -4.44. The van der Waals surface area contributed by atoms with Crippen LogP contribution < -0.4 is 5.32 Å². The van der Waals surface area contributed by atoms with Crippen LogP contribution >= 0.6 is 0 Å². The predicted octanol–water partition coefficient (Wildman–Crippen LogP) is 0.961. The second-order valence-corrected chi connectivity index (χ2v) is 5.89. The van der Waals surface area contributed by atoms with Crippen LogP contribution in [0.1, 0.15) is 38.5 Å². The van der Waals surface area contributed by atoms with Gasteiger partial charge in [0.1, 0.15) is 12.6 Å². The number of alkyl halides is 3. The summed E-state index contributed by atoms with van der Waals surface area (Å²) >= 11 is 0. The van der Waals surface area contributed by atoms with Crippen molar-refractivity contribution in [1.82, 2.24) is 10.2 Å². The van der Waals surface area contributed by atoms with Crippen molar-refractivity contribution >= 4 is 11.8 Å². The zero-order valence-corrected chi connectivity index (χ0v) is 11.6. The lowest BCUT2D eigenvalue weighted by molar-refractivity contribution is -0.158. The number of likely N-dealkylation sites (tertiary alicyclic amines) is 1. The first-order chi connectivity index (χ1) is 9.69. The van der Waals surface area contributed by atoms with Crippen LogP contribution in [0.25, 0.3) is 0 Å². The van der Waals surface area contributed by atoms with E-state index >= 15 is 0 Å². The van der Waals surface area contributed by atoms with Crippen LogP contribution in [0.2, 0.25) is 0 Å². The van der Waals surface area contributed by atoms with E-state index in [1.807, 2.05) is 0 Å². The molecule has 1 saturated heterocycles. The smallest absolute Gasteiger partial charge is 0.389 e. The van der Waals surface area contributed by atoms with Gasteiger partial charge in [0.25, 0.3) is 0 Å². The number of hydrogen-bond donors (Lipinski definition) is 2. The molecule has 0 spiro atoms. The van der Waals surface area contributed by atoms with Gasteiger partial charge >= 0.3 is 6.18 Å². The molecule has 1 heterocycles. The van der Waals surface area contributed by atoms with E-state index in [1.165, 1.54) is 0 Å². The summed E-state index contributed by atoms with van der Waals surface area (Å²) in [6, 6.07) is -0.912. The maximum Gasteiger partial charge on any atom is 0.406 e. The van der Waals surface area contributed by atoms with Crippen LogP contribution in [0.4, 0.5) is 13.2 Å². The van der Waals surface area contributed by atoms with Gasteiger partial charge in [-0.2, -0.15) is 13.2 Å². The van der Waals surface area contributed by atoms with E-state index in [1.54, 1.807) is 0 Å². The zero-order chi connectivity index (χ0) is 15.7. The molecule has 1 aliphatic heterocycles. The molecule has 2 amide bonds. The Balaban J connectivity index is 1.83. The molecule has 120 valence electrons. The molecule has 2 rings (SSSR count). The third-order valence-corrected chi connectivity index (χ3v) is 4.03. The molecule has 8 heteroatoms. The van der Waals surface area contributed by atoms with Crippen molar-refractivity contribution in [3.63, 3.8) is 0 Å². The van der Waals surface area contributed by atoms with E-state index in [0.717, 1.165) is 12.8 Å². The van der Waals surface area contributed by atoms with E-state index in [4.69, 9.17) is 0 Å². The molecule has 1 aliphatic carbocycles. The standard InChI is InChI=1S/C13H19F3N2O3/c14-13(15,16)8-18-6-3-9(11(18)20)17-10(19)7-12(21)4-1-2-5-12/h9,21H,1-8H2,(H,17,19). The van der Waals surface area contributed by atoms with Gasteiger partial charge in [0.2, 0.25) is 11.8 Å². The number of aliphatic hydroxyl groups is 1. The average molecular weight is 308 g/mol. The molecule has 0 aromatic heterocycles. The van der Waals surface area contributed by atoms with Crippen molar-refractivity contribution in [1.29, 1.82) is 0 Å². The second kappa shape index (κ2) is 5.82. The zero-order valence-electron chi connectivity index (χ0n) is 11.6. The highest BCUT2D eigenvalue weighted by molar-refractivity contribution is 5.89. The monoisotopic (exact) mass is 308 g/mol. The predicted molar refractivity (Wildman–Crippen MR) is 67.2 cm³/mol. The quantitative estimate of drug-likeness (QED) is 0.813. The van der Waals surface area contributed by atoms with Crippen LogP contribution in [0.3, 0.4) is 0 Å². The number of carbonyl (C=O) groups excluding carboxylic acids is 2. The fraction of sp³-hybridized carbons (Fsp3) is 0.846. The Hall–Kier alpha value is -1.31. The Morgan fingerprint density at radius 3 is 2.57 bits per heavy atom. The molecule has 2 N–H and O–H groups in total. The summed E-state index contributed by atoms with van der Waals surface area (Å²) in [5.41, 5.74) is -1.03. The molecular formula is C13H19F3N2O3. The number of rotatable bonds is 4. The molecule has 0 bridgehead atoms. The molecule has 0 aromatic rings. The van der Waals surface area contributed by atoms with Crippen LogP contribution in [0.5, 0.6) is 0 Å². The lowest BCUT2D eigenvalue weighted by atomic mass is 9.97. The summed E-state index contributed by atoms with van der Waals surface area (Å²) in [6.45, 7) is -1.31. The van der Waals surface area contributed by atoms with Gasteiger partial charge in [-0.15, -0.1) is 0 Å². The summed E-state index contributed by atoms with van der Waals surface area (Å²) in [5.74, 6) is -1.19. The molecule has 1 saturated carbocycles. The molecule has 2 aliphatic rings. The van der Waals surface area contributed by atoms with Crippen molar-refractivity contribution in [3.8, 4) is 0 Å². The molecule has 1 unspecified atom stereocenters. The highest BCUT2D eigenvalue weighted by Gasteiger charge is 2.40. The van der Waals surface area contributed by atoms with E-state index in [-0.39, 0.29) is 19.4 Å². The molecule has 0 aromatic carbocycles. The molecule has 21 heavy (non-hydrogen) atoms. The Morgan fingerprint density at radius 2 is 2.00 bits per heavy atom. The Morgan fingerprint density at radius 1 is 1.38 bits per heavy atom. The van der Waals surface area contributed by atoms with E-state index in [2.05, 4.69) is 5.32 Å². The van der Waals surface area contributed by atoms with Crippen molar-refractivity contribution < 1.29 is 27.9 Å². The topological polar surface area (TPSA) is 69.6 Å². The Bertz CT molecular complexity index is 419. The molecule has 1 atom stereocenters. The van der Waals surface area contributed by atoms with Gasteiger partial charge in [0.05, 0.1) is 12.0 Å². The van der Waals surface area contributed by atoms with Gasteiger partial charge in [-0.3, -0.25) is 9.59 Å². The third-order valence-electron chi connectivity index (χ3n) is 4.03. The summed E-state index contributed by atoms with van der Waals surface area (Å²) < 4.78 is 36.8. The van der Waals surface area contributed by atoms with Crippen molar-refractivity contribution in [2.24, 2.45) is 0 Å². The number of amides is 2. The fourth-order valence-corrected chi connectivity index (χ4v) is 3.00. The number of nitrogens with one attached hydrogen (secondary N) is 1. The van der Waals surface area contributed by atoms with Gasteiger partial charge in [0, 0.05) is 6.54 Å². The van der Waals surface area contributed by atoms with Crippen LogP contribution in [-0.2, 0) is 9.59 Å². The first-order valence-corrected chi connectivity index (χ1v) is 7.06. The normalized spacial score (nSPS) is 25.4. The Labute approximate surface area is 120 Å². The van der Waals surface area contributed by atoms with Gasteiger partial charge in [-0.25, -0.2) is 0 Å². The SMILES string of the molecule is O=C(CC1(O)CCCC1)NC1CCN(CC(F)(F)F)C1=O. The maximum absolute atomic E-state index is 12.3. The minimum absolute atomic E-state index is 0.0203. The lowest BCUT2D eigenvalue weighted by Gasteiger charge is -2.22.